The molecule has 2 aromatic rings. The number of nitrogens with two attached hydrogens (primary N) is 1. The lowest BCUT2D eigenvalue weighted by Crippen LogP contribution is -1.93. The molecule has 142 valence electrons. The second-order valence-electron chi connectivity index (χ2n) is 5.80. The molecule has 0 spiro atoms. The van der Waals surface area contributed by atoms with Crippen LogP contribution in [-0.4, -0.2) is 7.05 Å². The number of rotatable bonds is 0. The highest BCUT2D eigenvalue weighted by atomic mass is 14.4. The summed E-state index contributed by atoms with van der Waals surface area (Å²) in [7, 11) is 1.50. The topological polar surface area (TPSA) is 26.0 Å². The normalized spacial score (nSPS) is 8.21. The minimum absolute atomic E-state index is 0.500. The fourth-order valence-corrected chi connectivity index (χ4v) is 1.39. The highest BCUT2D eigenvalue weighted by Crippen LogP contribution is 2.16. The van der Waals surface area contributed by atoms with Crippen LogP contribution < -0.4 is 5.73 Å². The van der Waals surface area contributed by atoms with E-state index < -0.39 is 0 Å². The summed E-state index contributed by atoms with van der Waals surface area (Å²) >= 11 is 0. The maximum Gasteiger partial charge on any atom is -0.0155 e. The maximum absolute atomic E-state index is 4.50. The van der Waals surface area contributed by atoms with Gasteiger partial charge in [-0.15, -0.1) is 0 Å². The molecule has 0 fully saturated rings. The standard InChI is InChI=1S/C11H10.C5H12.3C2H6.CH5N/c1-9-5-4-7-10-6-2-3-8-11(9)10;1-5(2,3)4;4*1-2/h2-8H,1H3;1-4H3;3*1-2H3;2H2,1H3. The molecule has 0 heterocycles. The summed E-state index contributed by atoms with van der Waals surface area (Å²) in [6, 6.07) is 14.8. The number of benzene rings is 2. The molecule has 0 aromatic heterocycles. The van der Waals surface area contributed by atoms with E-state index >= 15 is 0 Å². The lowest BCUT2D eigenvalue weighted by atomic mass is 10.0. The summed E-state index contributed by atoms with van der Waals surface area (Å²) in [4.78, 5) is 0. The van der Waals surface area contributed by atoms with Crippen molar-refractivity contribution in [3.63, 3.8) is 0 Å². The van der Waals surface area contributed by atoms with Crippen molar-refractivity contribution in [1.29, 1.82) is 0 Å². The van der Waals surface area contributed by atoms with Crippen molar-refractivity contribution in [2.45, 2.75) is 76.2 Å². The van der Waals surface area contributed by atoms with E-state index in [1.807, 2.05) is 41.5 Å². The average Bonchev–Trinajstić information content (AvgIpc) is 2.61. The number of aryl methyl sites for hydroxylation is 1. The Labute approximate surface area is 153 Å². The Bertz CT molecular complexity index is 442. The van der Waals surface area contributed by atoms with Crippen LogP contribution in [0.4, 0.5) is 0 Å². The van der Waals surface area contributed by atoms with Crippen LogP contribution in [0.3, 0.4) is 0 Å². The first-order valence-electron chi connectivity index (χ1n) is 9.40. The summed E-state index contributed by atoms with van der Waals surface area (Å²) in [5.74, 6) is 0. The zero-order valence-electron chi connectivity index (χ0n) is 18.6. The van der Waals surface area contributed by atoms with Gasteiger partial charge in [-0.2, -0.15) is 0 Å². The first kappa shape index (κ1) is 30.5. The lowest BCUT2D eigenvalue weighted by molar-refractivity contribution is 0.469. The third-order valence-corrected chi connectivity index (χ3v) is 2.01. The van der Waals surface area contributed by atoms with Crippen molar-refractivity contribution in [2.75, 3.05) is 7.05 Å². The van der Waals surface area contributed by atoms with E-state index in [1.54, 1.807) is 0 Å². The van der Waals surface area contributed by atoms with Crippen LogP contribution in [0, 0.1) is 12.3 Å². The van der Waals surface area contributed by atoms with E-state index in [1.165, 1.54) is 23.4 Å². The van der Waals surface area contributed by atoms with E-state index in [2.05, 4.69) is 82.8 Å². The predicted octanol–water partition coefficient (Wildman–Crippen LogP) is 7.85. The van der Waals surface area contributed by atoms with Crippen LogP contribution in [0.5, 0.6) is 0 Å². The Kier molecular flexibility index (Phi) is 27.6. The molecule has 2 N–H and O–H groups in total. The van der Waals surface area contributed by atoms with Gasteiger partial charge in [-0.05, 0) is 35.7 Å². The molecule has 0 aliphatic carbocycles. The fourth-order valence-electron chi connectivity index (χ4n) is 1.39. The average molecular weight is 336 g/mol. The van der Waals surface area contributed by atoms with Gasteiger partial charge >= 0.3 is 0 Å². The van der Waals surface area contributed by atoms with Gasteiger partial charge in [0.15, 0.2) is 0 Å². The van der Waals surface area contributed by atoms with Crippen LogP contribution in [0.15, 0.2) is 42.5 Å². The minimum atomic E-state index is 0.500. The van der Waals surface area contributed by atoms with Gasteiger partial charge in [0.2, 0.25) is 0 Å². The molecule has 0 aliphatic rings. The van der Waals surface area contributed by atoms with Gasteiger partial charge in [-0.1, -0.05) is 112 Å². The Morgan fingerprint density at radius 2 is 0.958 bits per heavy atom. The maximum atomic E-state index is 4.50. The number of hydrogen-bond donors (Lipinski definition) is 1. The molecular formula is C23H45N. The summed E-state index contributed by atoms with van der Waals surface area (Å²) < 4.78 is 0. The van der Waals surface area contributed by atoms with Gasteiger partial charge in [-0.3, -0.25) is 0 Å². The number of fused-ring (bicyclic) bond motifs is 1. The van der Waals surface area contributed by atoms with Gasteiger partial charge < -0.3 is 5.73 Å². The quantitative estimate of drug-likeness (QED) is 0.521. The summed E-state index contributed by atoms with van der Waals surface area (Å²) in [5, 5.41) is 2.68. The van der Waals surface area contributed by atoms with Crippen molar-refractivity contribution >= 4 is 10.8 Å². The van der Waals surface area contributed by atoms with Gasteiger partial charge in [0.1, 0.15) is 0 Å². The Morgan fingerprint density at radius 3 is 1.33 bits per heavy atom. The van der Waals surface area contributed by atoms with Gasteiger partial charge in [-0.25, -0.2) is 0 Å². The zero-order chi connectivity index (χ0) is 20.2. The molecule has 1 heteroatoms. The highest BCUT2D eigenvalue weighted by molar-refractivity contribution is 5.85. The van der Waals surface area contributed by atoms with E-state index in [9.17, 15) is 0 Å². The molecule has 2 rings (SSSR count). The highest BCUT2D eigenvalue weighted by Gasteiger charge is 1.95. The van der Waals surface area contributed by atoms with Gasteiger partial charge in [0.05, 0.1) is 0 Å². The summed E-state index contributed by atoms with van der Waals surface area (Å²) in [6.07, 6.45) is 0. The number of hydrogen-bond acceptors (Lipinski definition) is 1. The van der Waals surface area contributed by atoms with E-state index in [-0.39, 0.29) is 0 Å². The summed E-state index contributed by atoms with van der Waals surface area (Å²) in [6.45, 7) is 22.9. The molecule has 0 aliphatic heterocycles. The molecule has 0 unspecified atom stereocenters. The minimum Gasteiger partial charge on any atom is -0.333 e. The van der Waals surface area contributed by atoms with Crippen LogP contribution in [-0.2, 0) is 0 Å². The lowest BCUT2D eigenvalue weighted by Gasteiger charge is -2.05. The van der Waals surface area contributed by atoms with Crippen LogP contribution >= 0.6 is 0 Å². The molecule has 0 bridgehead atoms. The van der Waals surface area contributed by atoms with Crippen LogP contribution in [0.1, 0.15) is 74.8 Å². The fraction of sp³-hybridized carbons (Fsp3) is 0.565. The van der Waals surface area contributed by atoms with Crippen LogP contribution in [0.25, 0.3) is 10.8 Å². The molecule has 24 heavy (non-hydrogen) atoms. The molecule has 0 atom stereocenters. The van der Waals surface area contributed by atoms with Crippen molar-refractivity contribution in [3.8, 4) is 0 Å². The van der Waals surface area contributed by atoms with E-state index in [4.69, 9.17) is 0 Å². The Morgan fingerprint density at radius 1 is 0.625 bits per heavy atom. The van der Waals surface area contributed by atoms with Crippen molar-refractivity contribution in [2.24, 2.45) is 11.1 Å². The molecule has 0 radical (unpaired) electrons. The SMILES string of the molecule is CC.CC.CC.CC(C)(C)C.CN.Cc1cccc2ccccc12. The molecule has 0 saturated heterocycles. The zero-order valence-corrected chi connectivity index (χ0v) is 18.6. The van der Waals surface area contributed by atoms with Crippen LogP contribution in [0.2, 0.25) is 0 Å². The molecule has 1 nitrogen and oxygen atoms in total. The van der Waals surface area contributed by atoms with E-state index in [0.717, 1.165) is 0 Å². The van der Waals surface area contributed by atoms with Crippen molar-refractivity contribution in [1.82, 2.24) is 0 Å². The monoisotopic (exact) mass is 335 g/mol. The molecule has 0 saturated carbocycles. The van der Waals surface area contributed by atoms with Crippen molar-refractivity contribution in [3.05, 3.63) is 48.0 Å². The largest absolute Gasteiger partial charge is 0.333 e. The predicted molar refractivity (Wildman–Crippen MR) is 118 cm³/mol. The first-order chi connectivity index (χ1) is 11.4. The van der Waals surface area contributed by atoms with Gasteiger partial charge in [0, 0.05) is 0 Å². The van der Waals surface area contributed by atoms with Gasteiger partial charge in [0.25, 0.3) is 0 Å². The molecule has 0 amide bonds. The third-order valence-electron chi connectivity index (χ3n) is 2.01. The first-order valence-corrected chi connectivity index (χ1v) is 9.40. The second kappa shape index (κ2) is 21.7. The Balaban J connectivity index is -0.000000132. The second-order valence-corrected chi connectivity index (χ2v) is 5.80. The van der Waals surface area contributed by atoms with E-state index in [0.29, 0.717) is 5.41 Å². The smallest absolute Gasteiger partial charge is 0.0155 e. The molecule has 2 aromatic carbocycles. The molecular weight excluding hydrogens is 290 g/mol. The Hall–Kier alpha value is -1.34. The summed E-state index contributed by atoms with van der Waals surface area (Å²) in [5.41, 5.74) is 6.35. The third kappa shape index (κ3) is 20.7. The van der Waals surface area contributed by atoms with Crippen molar-refractivity contribution < 1.29 is 0 Å².